The fraction of sp³-hybridized carbons (Fsp3) is 0.333. The highest BCUT2D eigenvalue weighted by atomic mass is 16.6. The van der Waals surface area contributed by atoms with E-state index in [-0.39, 0.29) is 11.3 Å². The number of carbonyl (C=O) groups excluding carboxylic acids is 2. The van der Waals surface area contributed by atoms with Crippen LogP contribution in [0.25, 0.3) is 0 Å². The summed E-state index contributed by atoms with van der Waals surface area (Å²) in [4.78, 5) is 36.4. The molecule has 0 aromatic heterocycles. The molecule has 0 bridgehead atoms. The van der Waals surface area contributed by atoms with Crippen LogP contribution in [-0.2, 0) is 9.53 Å². The Balaban J connectivity index is 1.48. The molecular weight excluding hydrogens is 374 g/mol. The van der Waals surface area contributed by atoms with E-state index in [4.69, 9.17) is 4.74 Å². The molecule has 0 saturated carbocycles. The van der Waals surface area contributed by atoms with Crippen molar-refractivity contribution in [1.29, 1.82) is 0 Å². The van der Waals surface area contributed by atoms with Gasteiger partial charge < -0.3 is 15.0 Å². The highest BCUT2D eigenvalue weighted by molar-refractivity contribution is 5.95. The monoisotopic (exact) mass is 397 g/mol. The maximum Gasteiger partial charge on any atom is 0.338 e. The molecule has 1 heterocycles. The van der Waals surface area contributed by atoms with Crippen LogP contribution in [0.2, 0.25) is 0 Å². The average Bonchev–Trinajstić information content (AvgIpc) is 3.02. The van der Waals surface area contributed by atoms with Crippen molar-refractivity contribution in [3.05, 3.63) is 64.2 Å². The van der Waals surface area contributed by atoms with Crippen LogP contribution >= 0.6 is 0 Å². The Hall–Kier alpha value is -3.42. The van der Waals surface area contributed by atoms with Gasteiger partial charge in [0.15, 0.2) is 6.61 Å². The van der Waals surface area contributed by atoms with Gasteiger partial charge in [0.25, 0.3) is 11.6 Å². The van der Waals surface area contributed by atoms with E-state index >= 15 is 0 Å². The lowest BCUT2D eigenvalue weighted by atomic mass is 10.2. The lowest BCUT2D eigenvalue weighted by molar-refractivity contribution is -0.384. The largest absolute Gasteiger partial charge is 0.452 e. The first-order valence-corrected chi connectivity index (χ1v) is 9.59. The zero-order chi connectivity index (χ0) is 20.6. The Morgan fingerprint density at radius 1 is 0.966 bits per heavy atom. The van der Waals surface area contributed by atoms with E-state index in [1.807, 2.05) is 24.3 Å². The van der Waals surface area contributed by atoms with E-state index in [1.165, 1.54) is 49.9 Å². The van der Waals surface area contributed by atoms with Crippen molar-refractivity contribution in [3.8, 4) is 0 Å². The molecule has 29 heavy (non-hydrogen) atoms. The van der Waals surface area contributed by atoms with Gasteiger partial charge in [-0.2, -0.15) is 0 Å². The highest BCUT2D eigenvalue weighted by Gasteiger charge is 2.13. The summed E-state index contributed by atoms with van der Waals surface area (Å²) in [5, 5.41) is 13.3. The predicted octanol–water partition coefficient (Wildman–Crippen LogP) is 3.77. The molecule has 152 valence electrons. The summed E-state index contributed by atoms with van der Waals surface area (Å²) in [5.74, 6) is -1.17. The van der Waals surface area contributed by atoms with Gasteiger partial charge >= 0.3 is 5.97 Å². The van der Waals surface area contributed by atoms with Gasteiger partial charge in [-0.25, -0.2) is 4.79 Å². The predicted molar refractivity (Wildman–Crippen MR) is 109 cm³/mol. The number of esters is 1. The molecule has 1 aliphatic heterocycles. The van der Waals surface area contributed by atoms with Gasteiger partial charge in [0, 0.05) is 36.6 Å². The topological polar surface area (TPSA) is 102 Å². The second-order valence-corrected chi connectivity index (χ2v) is 6.88. The Morgan fingerprint density at radius 3 is 2.17 bits per heavy atom. The first-order valence-electron chi connectivity index (χ1n) is 9.59. The second-order valence-electron chi connectivity index (χ2n) is 6.88. The van der Waals surface area contributed by atoms with Crippen LogP contribution in [0.3, 0.4) is 0 Å². The third kappa shape index (κ3) is 5.78. The molecule has 1 saturated heterocycles. The van der Waals surface area contributed by atoms with E-state index in [0.29, 0.717) is 5.69 Å². The molecule has 1 N–H and O–H groups in total. The summed E-state index contributed by atoms with van der Waals surface area (Å²) < 4.78 is 4.97. The molecule has 3 rings (SSSR count). The minimum Gasteiger partial charge on any atom is -0.452 e. The molecule has 0 atom stereocenters. The van der Waals surface area contributed by atoms with Crippen LogP contribution in [0.15, 0.2) is 48.5 Å². The highest BCUT2D eigenvalue weighted by Crippen LogP contribution is 2.21. The van der Waals surface area contributed by atoms with E-state index in [1.54, 1.807) is 0 Å². The Kier molecular flexibility index (Phi) is 6.78. The van der Waals surface area contributed by atoms with Crippen LogP contribution in [0, 0.1) is 10.1 Å². The SMILES string of the molecule is O=C(COC(=O)c1ccc([N+](=O)[O-])cc1)Nc1ccc(N2CCCCCC2)cc1. The van der Waals surface area contributed by atoms with Crippen molar-refractivity contribution in [1.82, 2.24) is 0 Å². The van der Waals surface area contributed by atoms with E-state index in [0.717, 1.165) is 18.8 Å². The lowest BCUT2D eigenvalue weighted by Crippen LogP contribution is -2.24. The van der Waals surface area contributed by atoms with Crippen LogP contribution in [0.1, 0.15) is 36.0 Å². The van der Waals surface area contributed by atoms with Gasteiger partial charge in [-0.1, -0.05) is 12.8 Å². The van der Waals surface area contributed by atoms with E-state index in [2.05, 4.69) is 10.2 Å². The molecule has 2 aromatic carbocycles. The summed E-state index contributed by atoms with van der Waals surface area (Å²) >= 11 is 0. The molecular formula is C21H23N3O5. The van der Waals surface area contributed by atoms with Crippen LogP contribution in [0.4, 0.5) is 17.1 Å². The summed E-state index contributed by atoms with van der Waals surface area (Å²) in [6.07, 6.45) is 4.92. The zero-order valence-corrected chi connectivity index (χ0v) is 16.0. The zero-order valence-electron chi connectivity index (χ0n) is 16.0. The van der Waals surface area contributed by atoms with Crippen molar-refractivity contribution in [2.75, 3.05) is 29.9 Å². The maximum atomic E-state index is 12.0. The summed E-state index contributed by atoms with van der Waals surface area (Å²) in [7, 11) is 0. The Bertz CT molecular complexity index is 857. The molecule has 1 fully saturated rings. The van der Waals surface area contributed by atoms with Crippen molar-refractivity contribution in [2.24, 2.45) is 0 Å². The number of ether oxygens (including phenoxy) is 1. The molecule has 2 aromatic rings. The van der Waals surface area contributed by atoms with Crippen molar-refractivity contribution in [2.45, 2.75) is 25.7 Å². The van der Waals surface area contributed by atoms with Gasteiger partial charge in [0.05, 0.1) is 10.5 Å². The molecule has 0 spiro atoms. The number of amides is 1. The number of nitrogens with one attached hydrogen (secondary N) is 1. The Labute approximate surface area is 168 Å². The van der Waals surface area contributed by atoms with Crippen molar-refractivity contribution >= 4 is 28.9 Å². The first-order chi connectivity index (χ1) is 14.0. The number of rotatable bonds is 6. The third-order valence-corrected chi connectivity index (χ3v) is 4.77. The molecule has 1 aliphatic rings. The molecule has 8 heteroatoms. The van der Waals surface area contributed by atoms with Crippen molar-refractivity contribution < 1.29 is 19.2 Å². The molecule has 8 nitrogen and oxygen atoms in total. The smallest absolute Gasteiger partial charge is 0.338 e. The number of benzene rings is 2. The lowest BCUT2D eigenvalue weighted by Gasteiger charge is -2.22. The number of nitro benzene ring substituents is 1. The van der Waals surface area contributed by atoms with Gasteiger partial charge in [-0.15, -0.1) is 0 Å². The standard InChI is InChI=1S/C21H23N3O5/c25-20(15-29-21(26)16-5-9-19(10-6-16)24(27)28)22-17-7-11-18(12-8-17)23-13-3-1-2-4-14-23/h5-12H,1-4,13-15H2,(H,22,25). The maximum absolute atomic E-state index is 12.0. The number of hydrogen-bond donors (Lipinski definition) is 1. The van der Waals surface area contributed by atoms with Crippen LogP contribution in [0.5, 0.6) is 0 Å². The van der Waals surface area contributed by atoms with Gasteiger partial charge in [0.1, 0.15) is 0 Å². The normalized spacial score (nSPS) is 14.0. The fourth-order valence-corrected chi connectivity index (χ4v) is 3.22. The summed E-state index contributed by atoms with van der Waals surface area (Å²) in [6, 6.07) is 12.6. The minimum atomic E-state index is -0.716. The first kappa shape index (κ1) is 20.3. The number of nitro groups is 1. The number of carbonyl (C=O) groups is 2. The summed E-state index contributed by atoms with van der Waals surface area (Å²) in [5.41, 5.74) is 1.78. The quantitative estimate of drug-likeness (QED) is 0.452. The van der Waals surface area contributed by atoms with Gasteiger partial charge in [-0.05, 0) is 49.2 Å². The number of hydrogen-bond acceptors (Lipinski definition) is 6. The second kappa shape index (κ2) is 9.68. The minimum absolute atomic E-state index is 0.122. The van der Waals surface area contributed by atoms with Gasteiger partial charge in [0.2, 0.25) is 0 Å². The fourth-order valence-electron chi connectivity index (χ4n) is 3.22. The van der Waals surface area contributed by atoms with Gasteiger partial charge in [-0.3, -0.25) is 14.9 Å². The van der Waals surface area contributed by atoms with E-state index in [9.17, 15) is 19.7 Å². The van der Waals surface area contributed by atoms with Crippen molar-refractivity contribution in [3.63, 3.8) is 0 Å². The molecule has 0 unspecified atom stereocenters. The van der Waals surface area contributed by atoms with Crippen LogP contribution < -0.4 is 10.2 Å². The Morgan fingerprint density at radius 2 is 1.59 bits per heavy atom. The third-order valence-electron chi connectivity index (χ3n) is 4.77. The summed E-state index contributed by atoms with van der Waals surface area (Å²) in [6.45, 7) is 1.65. The average molecular weight is 397 g/mol. The number of nitrogens with zero attached hydrogens (tertiary/aromatic N) is 2. The van der Waals surface area contributed by atoms with E-state index < -0.39 is 23.4 Å². The molecule has 1 amide bonds. The molecule has 0 aliphatic carbocycles. The van der Waals surface area contributed by atoms with Crippen LogP contribution in [-0.4, -0.2) is 36.5 Å². The number of non-ortho nitro benzene ring substituents is 1. The number of anilines is 2. The molecule has 0 radical (unpaired) electrons.